The van der Waals surface area contributed by atoms with E-state index in [0.29, 0.717) is 43.5 Å². The lowest BCUT2D eigenvalue weighted by atomic mass is 9.99. The molecule has 6 nitrogen and oxygen atoms in total. The predicted molar refractivity (Wildman–Crippen MR) is 103 cm³/mol. The van der Waals surface area contributed by atoms with Gasteiger partial charge < -0.3 is 13.9 Å². The zero-order chi connectivity index (χ0) is 19.6. The number of benzene rings is 1. The van der Waals surface area contributed by atoms with Crippen LogP contribution >= 0.6 is 0 Å². The molecule has 0 saturated carbocycles. The summed E-state index contributed by atoms with van der Waals surface area (Å²) < 4.78 is 16.6. The van der Waals surface area contributed by atoms with Crippen molar-refractivity contribution < 1.29 is 18.7 Å². The third-order valence-electron chi connectivity index (χ3n) is 5.36. The fourth-order valence-electron chi connectivity index (χ4n) is 3.47. The minimum Gasteiger partial charge on any atom is -0.478 e. The van der Waals surface area contributed by atoms with Gasteiger partial charge in [0.1, 0.15) is 18.1 Å². The van der Waals surface area contributed by atoms with Crippen LogP contribution in [0.2, 0.25) is 0 Å². The Bertz CT molecular complexity index is 902. The van der Waals surface area contributed by atoms with Crippen LogP contribution in [0.3, 0.4) is 0 Å². The number of carbonyl (C=O) groups is 1. The van der Waals surface area contributed by atoms with Gasteiger partial charge in [0.2, 0.25) is 0 Å². The van der Waals surface area contributed by atoms with Crippen LogP contribution in [0.25, 0.3) is 11.0 Å². The second-order valence-electron chi connectivity index (χ2n) is 6.99. The standard InChI is InChI=1S/C21H27NO5/c1-5-13(3)22-11-17-18(26-12-22)9-7-15-14(4)16(21(24)27-20(15)17)8-10-19(23)25-6-2/h7,9,13H,5-6,8,10-12H2,1-4H3/t13-/m1/s1. The van der Waals surface area contributed by atoms with E-state index in [4.69, 9.17) is 13.9 Å². The van der Waals surface area contributed by atoms with E-state index in [0.717, 1.165) is 28.7 Å². The largest absolute Gasteiger partial charge is 0.478 e. The summed E-state index contributed by atoms with van der Waals surface area (Å²) in [5, 5.41) is 0.891. The van der Waals surface area contributed by atoms with Crippen molar-refractivity contribution in [1.29, 1.82) is 0 Å². The maximum atomic E-state index is 12.6. The average molecular weight is 373 g/mol. The van der Waals surface area contributed by atoms with Gasteiger partial charge in [-0.05, 0) is 51.3 Å². The molecule has 0 bridgehead atoms. The highest BCUT2D eigenvalue weighted by Crippen LogP contribution is 2.34. The fourth-order valence-corrected chi connectivity index (χ4v) is 3.47. The summed E-state index contributed by atoms with van der Waals surface area (Å²) in [7, 11) is 0. The van der Waals surface area contributed by atoms with Crippen molar-refractivity contribution in [2.45, 2.75) is 59.5 Å². The molecule has 0 saturated heterocycles. The second kappa shape index (κ2) is 8.13. The Balaban J connectivity index is 1.98. The topological polar surface area (TPSA) is 69.0 Å². The zero-order valence-electron chi connectivity index (χ0n) is 16.5. The maximum absolute atomic E-state index is 12.6. The van der Waals surface area contributed by atoms with Crippen molar-refractivity contribution in [2.75, 3.05) is 13.3 Å². The average Bonchev–Trinajstić information content (AvgIpc) is 2.66. The zero-order valence-corrected chi connectivity index (χ0v) is 16.5. The number of fused-ring (bicyclic) bond motifs is 3. The van der Waals surface area contributed by atoms with Crippen molar-refractivity contribution in [1.82, 2.24) is 4.90 Å². The van der Waals surface area contributed by atoms with Gasteiger partial charge in [0.15, 0.2) is 0 Å². The van der Waals surface area contributed by atoms with E-state index in [2.05, 4.69) is 18.7 Å². The Morgan fingerprint density at radius 3 is 2.81 bits per heavy atom. The summed E-state index contributed by atoms with van der Waals surface area (Å²) in [6.07, 6.45) is 1.50. The molecule has 0 unspecified atom stereocenters. The fraction of sp³-hybridized carbons (Fsp3) is 0.524. The predicted octanol–water partition coefficient (Wildman–Crippen LogP) is 3.55. The van der Waals surface area contributed by atoms with Gasteiger partial charge in [-0.15, -0.1) is 0 Å². The Morgan fingerprint density at radius 1 is 1.33 bits per heavy atom. The molecule has 0 radical (unpaired) electrons. The molecular weight excluding hydrogens is 346 g/mol. The van der Waals surface area contributed by atoms with Gasteiger partial charge in [-0.3, -0.25) is 9.69 Å². The van der Waals surface area contributed by atoms with Gasteiger partial charge in [0.25, 0.3) is 0 Å². The van der Waals surface area contributed by atoms with Gasteiger partial charge in [0.05, 0.1) is 12.2 Å². The first-order chi connectivity index (χ1) is 13.0. The lowest BCUT2D eigenvalue weighted by Gasteiger charge is -2.33. The first-order valence-electron chi connectivity index (χ1n) is 9.56. The van der Waals surface area contributed by atoms with Crippen LogP contribution in [0.4, 0.5) is 0 Å². The molecule has 2 heterocycles. The number of esters is 1. The van der Waals surface area contributed by atoms with Crippen molar-refractivity contribution in [3.63, 3.8) is 0 Å². The molecular formula is C21H27NO5. The smallest absolute Gasteiger partial charge is 0.339 e. The van der Waals surface area contributed by atoms with Crippen LogP contribution in [-0.4, -0.2) is 30.2 Å². The highest BCUT2D eigenvalue weighted by atomic mass is 16.5. The molecule has 0 fully saturated rings. The lowest BCUT2D eigenvalue weighted by molar-refractivity contribution is -0.143. The van der Waals surface area contributed by atoms with Gasteiger partial charge in [-0.1, -0.05) is 6.92 Å². The van der Waals surface area contributed by atoms with Crippen molar-refractivity contribution in [3.05, 3.63) is 39.2 Å². The normalized spacial score (nSPS) is 15.3. The molecule has 6 heteroatoms. The summed E-state index contributed by atoms with van der Waals surface area (Å²) in [5.74, 6) is 0.461. The maximum Gasteiger partial charge on any atom is 0.339 e. The molecule has 1 aromatic carbocycles. The van der Waals surface area contributed by atoms with E-state index < -0.39 is 5.63 Å². The summed E-state index contributed by atoms with van der Waals surface area (Å²) in [4.78, 5) is 26.5. The van der Waals surface area contributed by atoms with Crippen molar-refractivity contribution in [2.24, 2.45) is 0 Å². The van der Waals surface area contributed by atoms with Crippen LogP contribution < -0.4 is 10.4 Å². The number of rotatable bonds is 6. The van der Waals surface area contributed by atoms with Crippen molar-refractivity contribution >= 4 is 16.9 Å². The van der Waals surface area contributed by atoms with Gasteiger partial charge in [0, 0.05) is 30.0 Å². The Hall–Kier alpha value is -2.34. The van der Waals surface area contributed by atoms with Gasteiger partial charge >= 0.3 is 11.6 Å². The molecule has 27 heavy (non-hydrogen) atoms. The van der Waals surface area contributed by atoms with Crippen LogP contribution in [0, 0.1) is 6.92 Å². The molecule has 1 aliphatic heterocycles. The van der Waals surface area contributed by atoms with E-state index >= 15 is 0 Å². The molecule has 0 aliphatic carbocycles. The van der Waals surface area contributed by atoms with E-state index in [9.17, 15) is 9.59 Å². The summed E-state index contributed by atoms with van der Waals surface area (Å²) in [5.41, 5.74) is 2.50. The van der Waals surface area contributed by atoms with Gasteiger partial charge in [-0.2, -0.15) is 0 Å². The number of carbonyl (C=O) groups excluding carboxylic acids is 1. The molecule has 0 spiro atoms. The number of ether oxygens (including phenoxy) is 2. The number of hydrogen-bond donors (Lipinski definition) is 0. The van der Waals surface area contributed by atoms with Crippen molar-refractivity contribution in [3.8, 4) is 5.75 Å². The molecule has 1 aliphatic rings. The second-order valence-corrected chi connectivity index (χ2v) is 6.99. The summed E-state index contributed by atoms with van der Waals surface area (Å²) in [6.45, 7) is 9.53. The van der Waals surface area contributed by atoms with E-state index in [1.807, 2.05) is 19.1 Å². The quantitative estimate of drug-likeness (QED) is 0.570. The number of aryl methyl sites for hydroxylation is 1. The molecule has 1 atom stereocenters. The van der Waals surface area contributed by atoms with Gasteiger partial charge in [-0.25, -0.2) is 4.79 Å². The molecule has 2 aromatic rings. The minimum absolute atomic E-state index is 0.167. The molecule has 1 aromatic heterocycles. The minimum atomic E-state index is -0.390. The molecule has 146 valence electrons. The van der Waals surface area contributed by atoms with E-state index in [1.165, 1.54) is 0 Å². The Labute approximate surface area is 159 Å². The Kier molecular flexibility index (Phi) is 5.85. The first-order valence-corrected chi connectivity index (χ1v) is 9.56. The third-order valence-corrected chi connectivity index (χ3v) is 5.36. The van der Waals surface area contributed by atoms with E-state index in [1.54, 1.807) is 6.92 Å². The summed E-state index contributed by atoms with van der Waals surface area (Å²) in [6, 6.07) is 4.25. The third kappa shape index (κ3) is 3.86. The first kappa shape index (κ1) is 19.4. The highest BCUT2D eigenvalue weighted by Gasteiger charge is 2.25. The number of nitrogens with zero attached hydrogens (tertiary/aromatic N) is 1. The molecule has 0 N–H and O–H groups in total. The Morgan fingerprint density at radius 2 is 2.11 bits per heavy atom. The van der Waals surface area contributed by atoms with Crippen LogP contribution in [0.15, 0.2) is 21.3 Å². The lowest BCUT2D eigenvalue weighted by Crippen LogP contribution is -2.38. The molecule has 3 rings (SSSR count). The summed E-state index contributed by atoms with van der Waals surface area (Å²) >= 11 is 0. The molecule has 0 amide bonds. The van der Waals surface area contributed by atoms with Crippen LogP contribution in [-0.2, 0) is 22.5 Å². The van der Waals surface area contributed by atoms with Crippen LogP contribution in [0.5, 0.6) is 5.75 Å². The monoisotopic (exact) mass is 373 g/mol. The SMILES string of the molecule is CCOC(=O)CCc1c(C)c2ccc3c(c2oc1=O)CN([C@H](C)CC)CO3. The number of hydrogen-bond acceptors (Lipinski definition) is 6. The van der Waals surface area contributed by atoms with Crippen LogP contribution in [0.1, 0.15) is 50.3 Å². The highest BCUT2D eigenvalue weighted by molar-refractivity contribution is 5.86. The van der Waals surface area contributed by atoms with E-state index in [-0.39, 0.29) is 12.4 Å².